The normalized spacial score (nSPS) is 18.5. The smallest absolute Gasteiger partial charge is 0.407 e. The number of ether oxygens (including phenoxy) is 2. The van der Waals surface area contributed by atoms with Crippen LogP contribution in [0, 0.1) is 5.41 Å². The number of nitrogens with one attached hydrogen (secondary N) is 1. The molecule has 184 valence electrons. The summed E-state index contributed by atoms with van der Waals surface area (Å²) in [6, 6.07) is 16.4. The van der Waals surface area contributed by atoms with Gasteiger partial charge >= 0.3 is 12.1 Å². The van der Waals surface area contributed by atoms with Crippen LogP contribution in [0.15, 0.2) is 48.5 Å². The average molecular weight is 479 g/mol. The second-order valence-electron chi connectivity index (χ2n) is 9.70. The number of hydrogen-bond acceptors (Lipinski definition) is 5. The predicted octanol–water partition coefficient (Wildman–Crippen LogP) is 3.40. The van der Waals surface area contributed by atoms with Gasteiger partial charge in [-0.3, -0.25) is 4.79 Å². The molecular weight excluding hydrogens is 448 g/mol. The number of fused-ring (bicyclic) bond motifs is 3. The highest BCUT2D eigenvalue weighted by atomic mass is 16.5. The molecule has 0 unspecified atom stereocenters. The quantitative estimate of drug-likeness (QED) is 0.603. The number of nitrogens with zero attached hydrogens (tertiary/aromatic N) is 1. The van der Waals surface area contributed by atoms with Crippen molar-refractivity contribution in [1.29, 1.82) is 0 Å². The summed E-state index contributed by atoms with van der Waals surface area (Å²) >= 11 is 0. The van der Waals surface area contributed by atoms with Crippen LogP contribution in [-0.2, 0) is 19.1 Å². The van der Waals surface area contributed by atoms with Crippen LogP contribution >= 0.6 is 0 Å². The number of carboxylic acids is 1. The molecule has 8 heteroatoms. The van der Waals surface area contributed by atoms with Crippen molar-refractivity contribution < 1.29 is 29.0 Å². The van der Waals surface area contributed by atoms with E-state index >= 15 is 0 Å². The van der Waals surface area contributed by atoms with E-state index in [2.05, 4.69) is 29.6 Å². The van der Waals surface area contributed by atoms with Crippen LogP contribution in [0.5, 0.6) is 0 Å². The van der Waals surface area contributed by atoms with E-state index in [1.807, 2.05) is 24.3 Å². The summed E-state index contributed by atoms with van der Waals surface area (Å²) in [4.78, 5) is 38.3. The monoisotopic (exact) mass is 478 g/mol. The van der Waals surface area contributed by atoms with E-state index in [9.17, 15) is 14.4 Å². The molecule has 1 saturated heterocycles. The van der Waals surface area contributed by atoms with Crippen molar-refractivity contribution >= 4 is 18.0 Å². The maximum absolute atomic E-state index is 13.2. The SMILES string of the molecule is O=C(O)COC1CN(C(=O)C2(CNC(=O)OCC3c4ccccc4-c4ccccc43)CCCC2)C1. The van der Waals surface area contributed by atoms with Gasteiger partial charge < -0.3 is 24.8 Å². The van der Waals surface area contributed by atoms with Crippen molar-refractivity contribution in [1.82, 2.24) is 10.2 Å². The van der Waals surface area contributed by atoms with Gasteiger partial charge in [-0.05, 0) is 35.1 Å². The number of amides is 2. The van der Waals surface area contributed by atoms with Gasteiger partial charge in [-0.25, -0.2) is 9.59 Å². The molecule has 2 amide bonds. The van der Waals surface area contributed by atoms with Gasteiger partial charge in [0.1, 0.15) is 13.2 Å². The zero-order valence-corrected chi connectivity index (χ0v) is 19.6. The Bertz CT molecular complexity index is 1070. The van der Waals surface area contributed by atoms with Crippen molar-refractivity contribution in [3.8, 4) is 11.1 Å². The zero-order valence-electron chi connectivity index (χ0n) is 19.6. The molecular formula is C27H30N2O6. The summed E-state index contributed by atoms with van der Waals surface area (Å²) in [5, 5.41) is 11.6. The van der Waals surface area contributed by atoms with Gasteiger partial charge in [0, 0.05) is 25.6 Å². The molecule has 1 heterocycles. The Kier molecular flexibility index (Phi) is 6.47. The largest absolute Gasteiger partial charge is 0.480 e. The highest BCUT2D eigenvalue weighted by Gasteiger charge is 2.47. The molecule has 5 rings (SSSR count). The molecule has 2 N–H and O–H groups in total. The molecule has 0 aromatic heterocycles. The number of likely N-dealkylation sites (tertiary alicyclic amines) is 1. The molecule has 8 nitrogen and oxygen atoms in total. The van der Waals surface area contributed by atoms with Crippen molar-refractivity contribution in [2.75, 3.05) is 32.8 Å². The lowest BCUT2D eigenvalue weighted by Gasteiger charge is -2.43. The first kappa shape index (κ1) is 23.4. The van der Waals surface area contributed by atoms with Crippen LogP contribution in [0.1, 0.15) is 42.7 Å². The Hall–Kier alpha value is -3.39. The van der Waals surface area contributed by atoms with Gasteiger partial charge in [0.2, 0.25) is 5.91 Å². The van der Waals surface area contributed by atoms with E-state index in [1.54, 1.807) is 4.90 Å². The lowest BCUT2D eigenvalue weighted by molar-refractivity contribution is -0.160. The number of benzene rings is 2. The predicted molar refractivity (Wildman–Crippen MR) is 128 cm³/mol. The Morgan fingerprint density at radius 1 is 0.971 bits per heavy atom. The van der Waals surface area contributed by atoms with E-state index in [4.69, 9.17) is 14.6 Å². The zero-order chi connectivity index (χ0) is 24.4. The molecule has 3 aliphatic rings. The van der Waals surface area contributed by atoms with Gasteiger partial charge in [-0.15, -0.1) is 0 Å². The first-order valence-corrected chi connectivity index (χ1v) is 12.2. The van der Waals surface area contributed by atoms with Gasteiger partial charge in [0.15, 0.2) is 0 Å². The fourth-order valence-corrected chi connectivity index (χ4v) is 5.64. The fraction of sp³-hybridized carbons (Fsp3) is 0.444. The van der Waals surface area contributed by atoms with Gasteiger partial charge in [-0.1, -0.05) is 61.4 Å². The van der Waals surface area contributed by atoms with Crippen LogP contribution in [-0.4, -0.2) is 66.9 Å². The maximum atomic E-state index is 13.2. The van der Waals surface area contributed by atoms with E-state index in [0.29, 0.717) is 25.9 Å². The number of alkyl carbamates (subject to hydrolysis) is 1. The third-order valence-corrected chi connectivity index (χ3v) is 7.51. The van der Waals surface area contributed by atoms with Crippen molar-refractivity contribution in [3.63, 3.8) is 0 Å². The fourth-order valence-electron chi connectivity index (χ4n) is 5.64. The van der Waals surface area contributed by atoms with E-state index in [1.165, 1.54) is 11.1 Å². The summed E-state index contributed by atoms with van der Waals surface area (Å²) in [5.41, 5.74) is 4.02. The highest BCUT2D eigenvalue weighted by Crippen LogP contribution is 2.44. The topological polar surface area (TPSA) is 105 Å². The lowest BCUT2D eigenvalue weighted by atomic mass is 9.83. The Morgan fingerprint density at radius 3 is 2.17 bits per heavy atom. The van der Waals surface area contributed by atoms with Crippen LogP contribution in [0.4, 0.5) is 4.79 Å². The first-order valence-electron chi connectivity index (χ1n) is 12.2. The number of hydrogen-bond donors (Lipinski definition) is 2. The third kappa shape index (κ3) is 4.62. The molecule has 1 aliphatic heterocycles. The molecule has 0 radical (unpaired) electrons. The summed E-state index contributed by atoms with van der Waals surface area (Å²) in [6.07, 6.45) is 2.54. The minimum atomic E-state index is -1.02. The van der Waals surface area contributed by atoms with Gasteiger partial charge in [0.05, 0.1) is 11.5 Å². The van der Waals surface area contributed by atoms with E-state index in [-0.39, 0.29) is 37.7 Å². The molecule has 0 atom stereocenters. The van der Waals surface area contributed by atoms with Crippen molar-refractivity contribution in [3.05, 3.63) is 59.7 Å². The molecule has 2 aliphatic carbocycles. The standard InChI is InChI=1S/C27H30N2O6/c30-24(31)16-34-18-13-29(14-18)25(32)27(11-5-6-12-27)17-28-26(33)35-15-23-21-9-3-1-7-19(21)20-8-2-4-10-22(20)23/h1-4,7-10,18,23H,5-6,11-17H2,(H,28,33)(H,30,31). The number of carbonyl (C=O) groups is 3. The van der Waals surface area contributed by atoms with Crippen LogP contribution < -0.4 is 5.32 Å². The number of carbonyl (C=O) groups excluding carboxylic acids is 2. The van der Waals surface area contributed by atoms with Crippen LogP contribution in [0.3, 0.4) is 0 Å². The average Bonchev–Trinajstić information content (AvgIpc) is 3.44. The van der Waals surface area contributed by atoms with E-state index < -0.39 is 17.5 Å². The van der Waals surface area contributed by atoms with Gasteiger partial charge in [-0.2, -0.15) is 0 Å². The molecule has 35 heavy (non-hydrogen) atoms. The maximum Gasteiger partial charge on any atom is 0.407 e. The molecule has 1 saturated carbocycles. The highest BCUT2D eigenvalue weighted by molar-refractivity contribution is 5.85. The molecule has 2 fully saturated rings. The minimum Gasteiger partial charge on any atom is -0.480 e. The second-order valence-corrected chi connectivity index (χ2v) is 9.70. The minimum absolute atomic E-state index is 0.00382. The number of rotatable bonds is 8. The molecule has 0 bridgehead atoms. The van der Waals surface area contributed by atoms with Gasteiger partial charge in [0.25, 0.3) is 0 Å². The third-order valence-electron chi connectivity index (χ3n) is 7.51. The number of aliphatic carboxylic acids is 1. The summed E-state index contributed by atoms with van der Waals surface area (Å²) in [5.74, 6) is -1.03. The molecule has 2 aromatic carbocycles. The first-order chi connectivity index (χ1) is 17.0. The number of carboxylic acid groups (broad SMARTS) is 1. The Balaban J connectivity index is 1.16. The van der Waals surface area contributed by atoms with Crippen molar-refractivity contribution in [2.24, 2.45) is 5.41 Å². The summed E-state index contributed by atoms with van der Waals surface area (Å²) < 4.78 is 10.9. The molecule has 0 spiro atoms. The van der Waals surface area contributed by atoms with E-state index in [0.717, 1.165) is 24.0 Å². The second kappa shape index (κ2) is 9.70. The summed E-state index contributed by atoms with van der Waals surface area (Å²) in [7, 11) is 0. The summed E-state index contributed by atoms with van der Waals surface area (Å²) in [6.45, 7) is 0.883. The Morgan fingerprint density at radius 2 is 1.57 bits per heavy atom. The van der Waals surface area contributed by atoms with Crippen molar-refractivity contribution in [2.45, 2.75) is 37.7 Å². The Labute approximate surface area is 204 Å². The molecule has 2 aromatic rings. The van der Waals surface area contributed by atoms with Crippen LogP contribution in [0.2, 0.25) is 0 Å². The lowest BCUT2D eigenvalue weighted by Crippen LogP contribution is -2.60. The van der Waals surface area contributed by atoms with Crippen LogP contribution in [0.25, 0.3) is 11.1 Å².